The van der Waals surface area contributed by atoms with Gasteiger partial charge in [-0.25, -0.2) is 0 Å². The summed E-state index contributed by atoms with van der Waals surface area (Å²) in [5.41, 5.74) is 2.61. The smallest absolute Gasteiger partial charge is 0.159 e. The van der Waals surface area contributed by atoms with Crippen LogP contribution in [0.15, 0.2) is 11.6 Å². The highest BCUT2D eigenvalue weighted by Crippen LogP contribution is 2.70. The van der Waals surface area contributed by atoms with Gasteiger partial charge >= 0.3 is 0 Å². The van der Waals surface area contributed by atoms with E-state index in [2.05, 4.69) is 19.9 Å². The summed E-state index contributed by atoms with van der Waals surface area (Å²) in [7, 11) is 0. The molecule has 0 aromatic rings. The predicted molar refractivity (Wildman–Crippen MR) is 86.0 cm³/mol. The summed E-state index contributed by atoms with van der Waals surface area (Å²) in [6.07, 6.45) is 16.1. The van der Waals surface area contributed by atoms with Crippen LogP contribution in [-0.2, 0) is 4.79 Å². The molecule has 0 saturated heterocycles. The van der Waals surface area contributed by atoms with Gasteiger partial charge in [0, 0.05) is 6.42 Å². The Morgan fingerprint density at radius 1 is 1.10 bits per heavy atom. The molecule has 2 atom stereocenters. The lowest BCUT2D eigenvalue weighted by Gasteiger charge is -2.65. The first kappa shape index (κ1) is 14.0. The third-order valence-electron chi connectivity index (χ3n) is 6.93. The number of carbonyl (C=O) groups is 1. The minimum Gasteiger partial charge on any atom is -0.295 e. The van der Waals surface area contributed by atoms with E-state index in [0.717, 1.165) is 25.2 Å². The third kappa shape index (κ3) is 2.41. The molecule has 0 amide bonds. The zero-order valence-corrected chi connectivity index (χ0v) is 13.8. The molecule has 0 aromatic carbocycles. The van der Waals surface area contributed by atoms with Gasteiger partial charge in [0.15, 0.2) is 5.78 Å². The fourth-order valence-electron chi connectivity index (χ4n) is 7.43. The van der Waals surface area contributed by atoms with Crippen molar-refractivity contribution in [1.82, 2.24) is 0 Å². The molecule has 4 saturated carbocycles. The second-order valence-electron chi connectivity index (χ2n) is 9.71. The van der Waals surface area contributed by atoms with Crippen LogP contribution >= 0.6 is 0 Å². The van der Waals surface area contributed by atoms with Crippen LogP contribution in [0.25, 0.3) is 0 Å². The quantitative estimate of drug-likeness (QED) is 0.675. The van der Waals surface area contributed by atoms with E-state index in [0.29, 0.717) is 22.0 Å². The van der Waals surface area contributed by atoms with Gasteiger partial charge in [0.1, 0.15) is 0 Å². The molecular weight excluding hydrogens is 256 g/mol. The van der Waals surface area contributed by atoms with E-state index >= 15 is 0 Å². The van der Waals surface area contributed by atoms with Crippen LogP contribution in [0.1, 0.15) is 84.5 Å². The lowest BCUT2D eigenvalue weighted by molar-refractivity contribution is -0.153. The standard InChI is InChI=1S/C20H30O/c1-18-8-15-9-19(2,12-18)14-20(10-15,13-18)11-17(21)16-6-4-3-5-7-16/h6,15H,3-5,7-14H2,1-2H3. The van der Waals surface area contributed by atoms with Crippen molar-refractivity contribution in [2.45, 2.75) is 84.5 Å². The molecule has 0 spiro atoms. The van der Waals surface area contributed by atoms with Crippen LogP contribution in [0.3, 0.4) is 0 Å². The Hall–Kier alpha value is -0.590. The van der Waals surface area contributed by atoms with Gasteiger partial charge in [-0.05, 0) is 91.9 Å². The summed E-state index contributed by atoms with van der Waals surface area (Å²) in [5, 5.41) is 0. The summed E-state index contributed by atoms with van der Waals surface area (Å²) in [6.45, 7) is 5.02. The zero-order chi connectivity index (χ0) is 14.7. The molecule has 5 aliphatic carbocycles. The van der Waals surface area contributed by atoms with Crippen molar-refractivity contribution < 1.29 is 4.79 Å². The van der Waals surface area contributed by atoms with Crippen molar-refractivity contribution >= 4 is 5.78 Å². The Labute approximate surface area is 129 Å². The molecule has 0 radical (unpaired) electrons. The van der Waals surface area contributed by atoms with Crippen LogP contribution in [0.5, 0.6) is 0 Å². The van der Waals surface area contributed by atoms with Gasteiger partial charge in [-0.2, -0.15) is 0 Å². The fraction of sp³-hybridized carbons (Fsp3) is 0.850. The number of carbonyl (C=O) groups excluding carboxylic acids is 1. The van der Waals surface area contributed by atoms with Gasteiger partial charge in [0.25, 0.3) is 0 Å². The number of allylic oxidation sites excluding steroid dienone is 2. The molecule has 5 rings (SSSR count). The van der Waals surface area contributed by atoms with E-state index in [1.165, 1.54) is 56.9 Å². The Morgan fingerprint density at radius 2 is 1.81 bits per heavy atom. The van der Waals surface area contributed by atoms with Gasteiger partial charge in [0.2, 0.25) is 0 Å². The molecule has 0 heterocycles. The maximum atomic E-state index is 12.8. The lowest BCUT2D eigenvalue weighted by Crippen LogP contribution is -2.55. The highest BCUT2D eigenvalue weighted by molar-refractivity contribution is 5.95. The summed E-state index contributed by atoms with van der Waals surface area (Å²) in [6, 6.07) is 0. The molecule has 0 aliphatic heterocycles. The van der Waals surface area contributed by atoms with Crippen LogP contribution in [-0.4, -0.2) is 5.78 Å². The summed E-state index contributed by atoms with van der Waals surface area (Å²) in [4.78, 5) is 12.8. The molecule has 2 unspecified atom stereocenters. The first-order chi connectivity index (χ1) is 9.90. The van der Waals surface area contributed by atoms with Crippen LogP contribution < -0.4 is 0 Å². The van der Waals surface area contributed by atoms with E-state index in [1.807, 2.05) is 0 Å². The normalized spacial score (nSPS) is 48.3. The molecule has 5 aliphatic rings. The minimum absolute atomic E-state index is 0.359. The van der Waals surface area contributed by atoms with Gasteiger partial charge in [0.05, 0.1) is 0 Å². The van der Waals surface area contributed by atoms with Crippen LogP contribution in [0.2, 0.25) is 0 Å². The monoisotopic (exact) mass is 286 g/mol. The maximum absolute atomic E-state index is 12.8. The number of hydrogen-bond acceptors (Lipinski definition) is 1. The fourth-order valence-corrected chi connectivity index (χ4v) is 7.43. The van der Waals surface area contributed by atoms with E-state index in [4.69, 9.17) is 0 Å². The molecule has 0 N–H and O–H groups in total. The molecule has 4 bridgehead atoms. The van der Waals surface area contributed by atoms with Gasteiger partial charge in [-0.1, -0.05) is 19.9 Å². The van der Waals surface area contributed by atoms with Crippen molar-refractivity contribution in [3.63, 3.8) is 0 Å². The number of rotatable bonds is 3. The van der Waals surface area contributed by atoms with E-state index in [9.17, 15) is 4.79 Å². The second kappa shape index (κ2) is 4.46. The highest BCUT2D eigenvalue weighted by atomic mass is 16.1. The average Bonchev–Trinajstić information content (AvgIpc) is 2.34. The van der Waals surface area contributed by atoms with Crippen molar-refractivity contribution in [3.05, 3.63) is 11.6 Å². The highest BCUT2D eigenvalue weighted by Gasteiger charge is 2.60. The molecule has 21 heavy (non-hydrogen) atoms. The topological polar surface area (TPSA) is 17.1 Å². The number of Topliss-reactive ketones (excluding diaryl/α,β-unsaturated/α-hetero) is 1. The molecule has 0 aromatic heterocycles. The predicted octanol–water partition coefficient (Wildman–Crippen LogP) is 5.44. The van der Waals surface area contributed by atoms with Crippen LogP contribution in [0.4, 0.5) is 0 Å². The molecular formula is C20H30O. The van der Waals surface area contributed by atoms with E-state index < -0.39 is 0 Å². The molecule has 1 heteroatoms. The largest absolute Gasteiger partial charge is 0.295 e. The Bertz CT molecular complexity index is 482. The average molecular weight is 286 g/mol. The van der Waals surface area contributed by atoms with Crippen molar-refractivity contribution in [2.24, 2.45) is 22.2 Å². The van der Waals surface area contributed by atoms with Crippen molar-refractivity contribution in [1.29, 1.82) is 0 Å². The first-order valence-electron chi connectivity index (χ1n) is 9.12. The summed E-state index contributed by atoms with van der Waals surface area (Å²) < 4.78 is 0. The van der Waals surface area contributed by atoms with E-state index in [1.54, 1.807) is 0 Å². The summed E-state index contributed by atoms with van der Waals surface area (Å²) >= 11 is 0. The lowest BCUT2D eigenvalue weighted by atomic mass is 9.39. The van der Waals surface area contributed by atoms with Crippen molar-refractivity contribution in [3.8, 4) is 0 Å². The third-order valence-corrected chi connectivity index (χ3v) is 6.93. The minimum atomic E-state index is 0.359. The van der Waals surface area contributed by atoms with Gasteiger partial charge < -0.3 is 0 Å². The van der Waals surface area contributed by atoms with Gasteiger partial charge in [-0.3, -0.25) is 4.79 Å². The molecule has 1 nitrogen and oxygen atoms in total. The Balaban J connectivity index is 1.57. The number of ketones is 1. The molecule has 4 fully saturated rings. The van der Waals surface area contributed by atoms with E-state index in [-0.39, 0.29) is 0 Å². The van der Waals surface area contributed by atoms with Crippen LogP contribution in [0, 0.1) is 22.2 Å². The SMILES string of the molecule is CC12CC3CC(C)(C1)CC(CC(=O)C1=CCCCC1)(C3)C2. The first-order valence-corrected chi connectivity index (χ1v) is 9.12. The van der Waals surface area contributed by atoms with Gasteiger partial charge in [-0.15, -0.1) is 0 Å². The Kier molecular flexibility index (Phi) is 2.98. The second-order valence-corrected chi connectivity index (χ2v) is 9.71. The molecule has 116 valence electrons. The Morgan fingerprint density at radius 3 is 2.38 bits per heavy atom. The zero-order valence-electron chi connectivity index (χ0n) is 13.8. The van der Waals surface area contributed by atoms with Crippen molar-refractivity contribution in [2.75, 3.05) is 0 Å². The summed E-state index contributed by atoms with van der Waals surface area (Å²) in [5.74, 6) is 1.41. The number of hydrogen-bond donors (Lipinski definition) is 0. The maximum Gasteiger partial charge on any atom is 0.159 e.